The van der Waals surface area contributed by atoms with Crippen LogP contribution < -0.4 is 0 Å². The van der Waals surface area contributed by atoms with Gasteiger partial charge in [-0.3, -0.25) is 4.79 Å². The van der Waals surface area contributed by atoms with Crippen molar-refractivity contribution in [1.29, 1.82) is 0 Å². The van der Waals surface area contributed by atoms with Crippen LogP contribution in [0, 0.1) is 24.0 Å². The summed E-state index contributed by atoms with van der Waals surface area (Å²) in [4.78, 5) is 16.2. The largest absolute Gasteiger partial charge is 0.507 e. The first-order valence-electron chi connectivity index (χ1n) is 18.7. The van der Waals surface area contributed by atoms with Crippen LogP contribution in [0.25, 0.3) is 60.5 Å². The van der Waals surface area contributed by atoms with E-state index in [2.05, 4.69) is 97.7 Å². The van der Waals surface area contributed by atoms with E-state index in [1.807, 2.05) is 66.9 Å². The van der Waals surface area contributed by atoms with Crippen LogP contribution in [0.15, 0.2) is 182 Å². The van der Waals surface area contributed by atoms with Crippen molar-refractivity contribution >= 4 is 43.9 Å². The van der Waals surface area contributed by atoms with Crippen LogP contribution in [0.4, 0.5) is 4.39 Å². The Bertz CT molecular complexity index is 2910. The molecule has 8 aromatic carbocycles. The first-order chi connectivity index (χ1) is 27.8. The molecule has 2 radical (unpaired) electrons. The molecule has 0 saturated carbocycles. The van der Waals surface area contributed by atoms with E-state index in [0.29, 0.717) is 11.1 Å². The van der Waals surface area contributed by atoms with Gasteiger partial charge in [0.1, 0.15) is 5.76 Å². The molecule has 0 atom stereocenters. The van der Waals surface area contributed by atoms with Gasteiger partial charge in [0, 0.05) is 69.4 Å². The number of nitrogens with zero attached hydrogens (tertiary/aromatic N) is 1. The molecule has 1 aliphatic rings. The number of carbonyl (C=O) groups is 1. The molecule has 0 fully saturated rings. The van der Waals surface area contributed by atoms with Crippen molar-refractivity contribution in [3.8, 4) is 22.4 Å². The van der Waals surface area contributed by atoms with Crippen LogP contribution in [0.3, 0.4) is 0 Å². The Morgan fingerprint density at radius 2 is 1.19 bits per heavy atom. The molecule has 0 aliphatic heterocycles. The fourth-order valence-electron chi connectivity index (χ4n) is 7.54. The third kappa shape index (κ3) is 8.93. The van der Waals surface area contributed by atoms with E-state index in [1.165, 1.54) is 44.5 Å². The second-order valence-electron chi connectivity index (χ2n) is 14.3. The molecule has 0 saturated heterocycles. The predicted molar refractivity (Wildman–Crippen MR) is 230 cm³/mol. The number of fused-ring (bicyclic) bond motifs is 4. The molecule has 0 spiro atoms. The summed E-state index contributed by atoms with van der Waals surface area (Å²) in [6.45, 7) is 4.15. The molecular weight excluding hydrogens is 1090 g/mol. The Kier molecular flexibility index (Phi) is 13.6. The molecule has 294 valence electrons. The quantitative estimate of drug-likeness (QED) is 0.0628. The molecule has 1 aromatic heterocycles. The molecule has 1 aliphatic carbocycles. The van der Waals surface area contributed by atoms with Crippen molar-refractivity contribution in [2.24, 2.45) is 0 Å². The van der Waals surface area contributed by atoms with Crippen molar-refractivity contribution in [2.45, 2.75) is 19.3 Å². The Balaban J connectivity index is 0.000000147. The fourth-order valence-corrected chi connectivity index (χ4v) is 7.54. The Morgan fingerprint density at radius 1 is 0.610 bits per heavy atom. The number of carbonyl (C=O) groups excluding carboxylic acids is 1. The molecule has 10 rings (SSSR count). The van der Waals surface area contributed by atoms with Gasteiger partial charge in [0.05, 0.1) is 0 Å². The second kappa shape index (κ2) is 18.8. The smallest absolute Gasteiger partial charge is 0.189 e. The summed E-state index contributed by atoms with van der Waals surface area (Å²) in [6.07, 6.45) is 3.06. The first-order valence-corrected chi connectivity index (χ1v) is 18.7. The monoisotopic (exact) mass is 1120 g/mol. The number of hydrogen-bond acceptors (Lipinski definition) is 3. The van der Waals surface area contributed by atoms with Crippen molar-refractivity contribution in [3.63, 3.8) is 0 Å². The minimum absolute atomic E-state index is 0. The SMILES string of the molecule is CC1(C)c2c([c-]ccc2F)-c2[c-]ccc3cccc1c23.O=C(C=C(O)c1ccccc1)c1ccccc1.[Ir].[Ir].[c-]1ccc2cc3ccccc3cc2c1-c1ccccn1. The van der Waals surface area contributed by atoms with E-state index in [1.54, 1.807) is 42.5 Å². The zero-order valence-electron chi connectivity index (χ0n) is 32.2. The van der Waals surface area contributed by atoms with Crippen molar-refractivity contribution in [1.82, 2.24) is 4.98 Å². The number of hydrogen-bond donors (Lipinski definition) is 1. The molecule has 0 unspecified atom stereocenters. The molecule has 9 aromatic rings. The molecule has 6 heteroatoms. The van der Waals surface area contributed by atoms with Gasteiger partial charge in [0.15, 0.2) is 5.78 Å². The first kappa shape index (κ1) is 42.7. The maximum atomic E-state index is 14.4. The van der Waals surface area contributed by atoms with E-state index in [4.69, 9.17) is 0 Å². The van der Waals surface area contributed by atoms with E-state index >= 15 is 0 Å². The number of benzene rings is 8. The third-order valence-corrected chi connectivity index (χ3v) is 10.3. The molecule has 1 heterocycles. The molecule has 0 bridgehead atoms. The average Bonchev–Trinajstić information content (AvgIpc) is 3.26. The Labute approximate surface area is 371 Å². The van der Waals surface area contributed by atoms with Crippen LogP contribution in [0.1, 0.15) is 40.9 Å². The van der Waals surface area contributed by atoms with Gasteiger partial charge in [0.25, 0.3) is 0 Å². The number of halogens is 1. The van der Waals surface area contributed by atoms with Gasteiger partial charge in [0.2, 0.25) is 0 Å². The van der Waals surface area contributed by atoms with Gasteiger partial charge in [-0.2, -0.15) is 24.3 Å². The van der Waals surface area contributed by atoms with Crippen LogP contribution in [-0.2, 0) is 45.6 Å². The van der Waals surface area contributed by atoms with E-state index in [-0.39, 0.29) is 63.0 Å². The standard InChI is InChI=1S/C19H13F.C19H12N.C15H12O2.2Ir/c1-19(2)15-10-4-7-12-6-3-8-13(17(12)15)14-9-5-11-16(20)18(14)19;1-2-7-15-13-18-16(12-14(15)6-1)8-5-9-17(18)19-10-3-4-11-20-19;16-14(12-7-3-1-4-8-12)11-15(17)13-9-5-2-6-10-13;;/h3-7,10-11H,1-2H3;1-8,10-13H;1-11,16H;;/q-2;-1;;;. The normalized spacial score (nSPS) is 12.1. The van der Waals surface area contributed by atoms with Gasteiger partial charge in [-0.05, 0) is 27.9 Å². The van der Waals surface area contributed by atoms with Crippen molar-refractivity contribution in [2.75, 3.05) is 0 Å². The van der Waals surface area contributed by atoms with Gasteiger partial charge >= 0.3 is 0 Å². The predicted octanol–water partition coefficient (Wildman–Crippen LogP) is 13.2. The average molecular weight is 1120 g/mol. The zero-order chi connectivity index (χ0) is 39.4. The molecular formula is C53H37FIr2NO2-3. The second-order valence-corrected chi connectivity index (χ2v) is 14.3. The number of ketones is 1. The van der Waals surface area contributed by atoms with Crippen molar-refractivity contribution < 1.29 is 54.5 Å². The maximum absolute atomic E-state index is 14.4. The van der Waals surface area contributed by atoms with Crippen LogP contribution in [-0.4, -0.2) is 15.9 Å². The van der Waals surface area contributed by atoms with Crippen LogP contribution >= 0.6 is 0 Å². The molecule has 0 amide bonds. The zero-order valence-corrected chi connectivity index (χ0v) is 37.0. The Morgan fingerprint density at radius 3 is 1.88 bits per heavy atom. The van der Waals surface area contributed by atoms with E-state index in [9.17, 15) is 14.3 Å². The molecule has 1 N–H and O–H groups in total. The summed E-state index contributed by atoms with van der Waals surface area (Å²) < 4.78 is 14.4. The number of pyridine rings is 1. The molecule has 3 nitrogen and oxygen atoms in total. The summed E-state index contributed by atoms with van der Waals surface area (Å²) in [5.41, 5.74) is 6.56. The summed E-state index contributed by atoms with van der Waals surface area (Å²) in [6, 6.07) is 64.0. The van der Waals surface area contributed by atoms with Gasteiger partial charge in [-0.1, -0.05) is 152 Å². The summed E-state index contributed by atoms with van der Waals surface area (Å²) in [5.74, 6) is -0.380. The van der Waals surface area contributed by atoms with Crippen molar-refractivity contribution in [3.05, 3.63) is 228 Å². The molecule has 59 heavy (non-hydrogen) atoms. The minimum atomic E-state index is -0.362. The van der Waals surface area contributed by atoms with E-state index in [0.717, 1.165) is 33.5 Å². The van der Waals surface area contributed by atoms with Gasteiger partial charge in [-0.25, -0.2) is 15.5 Å². The Hall–Kier alpha value is -5.87. The number of aliphatic hydroxyl groups is 1. The minimum Gasteiger partial charge on any atom is -0.507 e. The third-order valence-electron chi connectivity index (χ3n) is 10.3. The van der Waals surface area contributed by atoms with Gasteiger partial charge < -0.3 is 10.1 Å². The van der Waals surface area contributed by atoms with E-state index < -0.39 is 0 Å². The fraction of sp³-hybridized carbons (Fsp3) is 0.0566. The topological polar surface area (TPSA) is 50.2 Å². The summed E-state index contributed by atoms with van der Waals surface area (Å²) in [5, 5.41) is 17.1. The summed E-state index contributed by atoms with van der Waals surface area (Å²) in [7, 11) is 0. The number of rotatable bonds is 4. The maximum Gasteiger partial charge on any atom is 0.189 e. The number of aromatic nitrogens is 1. The number of aliphatic hydroxyl groups excluding tert-OH is 1. The number of allylic oxidation sites excluding steroid dienone is 1. The summed E-state index contributed by atoms with van der Waals surface area (Å²) >= 11 is 0. The van der Waals surface area contributed by atoms with Gasteiger partial charge in [-0.15, -0.1) is 57.6 Å². The van der Waals surface area contributed by atoms with Crippen LogP contribution in [0.5, 0.6) is 0 Å². The van der Waals surface area contributed by atoms with Crippen LogP contribution in [0.2, 0.25) is 0 Å².